The summed E-state index contributed by atoms with van der Waals surface area (Å²) in [5.74, 6) is 0.927. The van der Waals surface area contributed by atoms with Gasteiger partial charge in [0.15, 0.2) is 5.96 Å². The minimum atomic E-state index is -0.0280. The third kappa shape index (κ3) is 8.51. The largest absolute Gasteiger partial charge is 0.376 e. The predicted octanol–water partition coefficient (Wildman–Crippen LogP) is 4.02. The van der Waals surface area contributed by atoms with E-state index in [2.05, 4.69) is 20.5 Å². The number of hydrogen-bond donors (Lipinski definition) is 2. The van der Waals surface area contributed by atoms with Gasteiger partial charge in [-0.2, -0.15) is 0 Å². The molecule has 180 valence electrons. The van der Waals surface area contributed by atoms with Gasteiger partial charge in [-0.25, -0.2) is 0 Å². The number of nitrogens with zero attached hydrogens (tertiary/aromatic N) is 2. The van der Waals surface area contributed by atoms with Crippen LogP contribution in [0.3, 0.4) is 0 Å². The minimum absolute atomic E-state index is 0. The zero-order valence-electron chi connectivity index (χ0n) is 19.6. The van der Waals surface area contributed by atoms with Crippen molar-refractivity contribution in [1.82, 2.24) is 10.2 Å². The number of rotatable bonds is 7. The van der Waals surface area contributed by atoms with Gasteiger partial charge in [-0.1, -0.05) is 26.0 Å². The average Bonchev–Trinajstić information content (AvgIpc) is 2.80. The van der Waals surface area contributed by atoms with Gasteiger partial charge < -0.3 is 25.0 Å². The summed E-state index contributed by atoms with van der Waals surface area (Å²) in [4.78, 5) is 18.6. The highest BCUT2D eigenvalue weighted by Crippen LogP contribution is 2.18. The van der Waals surface area contributed by atoms with Gasteiger partial charge in [-0.3, -0.25) is 9.79 Å². The Kier molecular flexibility index (Phi) is 11.7. The van der Waals surface area contributed by atoms with E-state index in [4.69, 9.17) is 9.47 Å². The molecule has 0 aromatic heterocycles. The van der Waals surface area contributed by atoms with Crippen molar-refractivity contribution >= 4 is 41.5 Å². The lowest BCUT2D eigenvalue weighted by molar-refractivity contribution is -0.118. The number of guanidine groups is 1. The van der Waals surface area contributed by atoms with Crippen LogP contribution in [0.4, 0.5) is 5.69 Å². The summed E-state index contributed by atoms with van der Waals surface area (Å²) in [6.45, 7) is 7.96. The van der Waals surface area contributed by atoms with Gasteiger partial charge in [0.05, 0.1) is 18.8 Å². The Bertz CT molecular complexity index is 712. The zero-order valence-corrected chi connectivity index (χ0v) is 22.0. The highest BCUT2D eigenvalue weighted by atomic mass is 127. The number of nitrogens with one attached hydrogen (secondary N) is 2. The van der Waals surface area contributed by atoms with Gasteiger partial charge in [0.25, 0.3) is 0 Å². The SMILES string of the molecule is CN=C(NCc1ccc(NC(=O)C(C)C)cc1)N1CCC(OCC2CCCCO2)CC1.I. The lowest BCUT2D eigenvalue weighted by atomic mass is 10.1. The van der Waals surface area contributed by atoms with Crippen LogP contribution in [0.2, 0.25) is 0 Å². The lowest BCUT2D eigenvalue weighted by Gasteiger charge is -2.35. The predicted molar refractivity (Wildman–Crippen MR) is 140 cm³/mol. The van der Waals surface area contributed by atoms with E-state index in [1.807, 2.05) is 45.2 Å². The van der Waals surface area contributed by atoms with Crippen LogP contribution in [0.5, 0.6) is 0 Å². The van der Waals surface area contributed by atoms with E-state index < -0.39 is 0 Å². The van der Waals surface area contributed by atoms with Crippen LogP contribution in [-0.2, 0) is 20.8 Å². The summed E-state index contributed by atoms with van der Waals surface area (Å²) in [5, 5.41) is 6.38. The van der Waals surface area contributed by atoms with E-state index in [0.717, 1.165) is 62.8 Å². The minimum Gasteiger partial charge on any atom is -0.376 e. The number of aliphatic imine (C=N–C) groups is 1. The van der Waals surface area contributed by atoms with E-state index in [1.54, 1.807) is 0 Å². The first kappa shape index (κ1) is 26.9. The number of piperidine rings is 1. The number of benzene rings is 1. The molecule has 0 spiro atoms. The van der Waals surface area contributed by atoms with Crippen LogP contribution < -0.4 is 10.6 Å². The standard InChI is InChI=1S/C24H38N4O3.HI/c1-18(2)23(29)27-20-9-7-19(8-10-20)16-26-24(25-3)28-13-11-21(12-14-28)31-17-22-6-4-5-15-30-22;/h7-10,18,21-22H,4-6,11-17H2,1-3H3,(H,25,26)(H,27,29);1H. The first-order valence-electron chi connectivity index (χ1n) is 11.6. The summed E-state index contributed by atoms with van der Waals surface area (Å²) in [7, 11) is 1.83. The van der Waals surface area contributed by atoms with E-state index >= 15 is 0 Å². The van der Waals surface area contributed by atoms with Crippen LogP contribution in [0, 0.1) is 5.92 Å². The Morgan fingerprint density at radius 3 is 2.50 bits per heavy atom. The number of hydrogen-bond acceptors (Lipinski definition) is 4. The maximum atomic E-state index is 11.8. The lowest BCUT2D eigenvalue weighted by Crippen LogP contribution is -2.47. The molecule has 1 aromatic carbocycles. The van der Waals surface area contributed by atoms with Crippen molar-refractivity contribution < 1.29 is 14.3 Å². The molecule has 1 atom stereocenters. The normalized spacial score (nSPS) is 20.1. The average molecular weight is 559 g/mol. The van der Waals surface area contributed by atoms with Crippen LogP contribution >= 0.6 is 24.0 Å². The molecule has 32 heavy (non-hydrogen) atoms. The molecule has 1 amide bonds. The fourth-order valence-corrected chi connectivity index (χ4v) is 3.92. The second-order valence-electron chi connectivity index (χ2n) is 8.75. The molecule has 2 aliphatic heterocycles. The fourth-order valence-electron chi connectivity index (χ4n) is 3.92. The van der Waals surface area contributed by atoms with Crippen LogP contribution in [0.15, 0.2) is 29.3 Å². The van der Waals surface area contributed by atoms with E-state index in [1.165, 1.54) is 12.8 Å². The molecule has 0 aliphatic carbocycles. The monoisotopic (exact) mass is 558 g/mol. The van der Waals surface area contributed by atoms with Crippen molar-refractivity contribution in [2.45, 2.75) is 64.7 Å². The molecule has 0 saturated carbocycles. The van der Waals surface area contributed by atoms with Crippen molar-refractivity contribution in [2.24, 2.45) is 10.9 Å². The van der Waals surface area contributed by atoms with Gasteiger partial charge in [-0.05, 0) is 49.8 Å². The number of carbonyl (C=O) groups excluding carboxylic acids is 1. The van der Waals surface area contributed by atoms with E-state index in [0.29, 0.717) is 12.6 Å². The van der Waals surface area contributed by atoms with Crippen molar-refractivity contribution in [3.8, 4) is 0 Å². The first-order valence-corrected chi connectivity index (χ1v) is 11.6. The molecule has 1 aromatic rings. The second kappa shape index (κ2) is 14.0. The Morgan fingerprint density at radius 2 is 1.91 bits per heavy atom. The third-order valence-corrected chi connectivity index (χ3v) is 5.94. The molecule has 2 saturated heterocycles. The fraction of sp³-hybridized carbons (Fsp3) is 0.667. The molecular formula is C24H39IN4O3. The van der Waals surface area contributed by atoms with E-state index in [9.17, 15) is 4.79 Å². The molecular weight excluding hydrogens is 519 g/mol. The molecule has 2 heterocycles. The Labute approximate surface area is 209 Å². The number of likely N-dealkylation sites (tertiary alicyclic amines) is 1. The third-order valence-electron chi connectivity index (χ3n) is 5.94. The Balaban J connectivity index is 0.00000363. The second-order valence-corrected chi connectivity index (χ2v) is 8.75. The molecule has 2 fully saturated rings. The van der Waals surface area contributed by atoms with Gasteiger partial charge in [0, 0.05) is 44.9 Å². The summed E-state index contributed by atoms with van der Waals surface area (Å²) < 4.78 is 11.9. The number of anilines is 1. The highest BCUT2D eigenvalue weighted by molar-refractivity contribution is 14.0. The first-order chi connectivity index (χ1) is 15.0. The van der Waals surface area contributed by atoms with Gasteiger partial charge >= 0.3 is 0 Å². The number of halogens is 1. The molecule has 2 aliphatic rings. The Hall–Kier alpha value is -1.39. The van der Waals surface area contributed by atoms with Crippen LogP contribution in [0.25, 0.3) is 0 Å². The summed E-state index contributed by atoms with van der Waals surface area (Å²) >= 11 is 0. The van der Waals surface area contributed by atoms with Crippen molar-refractivity contribution in [1.29, 1.82) is 0 Å². The smallest absolute Gasteiger partial charge is 0.226 e. The van der Waals surface area contributed by atoms with Gasteiger partial charge in [0.1, 0.15) is 0 Å². The maximum Gasteiger partial charge on any atom is 0.226 e. The topological polar surface area (TPSA) is 75.2 Å². The quantitative estimate of drug-likeness (QED) is 0.301. The maximum absolute atomic E-state index is 11.8. The van der Waals surface area contributed by atoms with Crippen LogP contribution in [0.1, 0.15) is 51.5 Å². The summed E-state index contributed by atoms with van der Waals surface area (Å²) in [6.07, 6.45) is 6.18. The van der Waals surface area contributed by atoms with E-state index in [-0.39, 0.29) is 41.9 Å². The molecule has 0 bridgehead atoms. The number of ether oxygens (including phenoxy) is 2. The molecule has 0 radical (unpaired) electrons. The van der Waals surface area contributed by atoms with Crippen molar-refractivity contribution in [3.05, 3.63) is 29.8 Å². The number of carbonyl (C=O) groups is 1. The van der Waals surface area contributed by atoms with Crippen LogP contribution in [-0.4, -0.2) is 62.3 Å². The van der Waals surface area contributed by atoms with Gasteiger partial charge in [-0.15, -0.1) is 24.0 Å². The molecule has 7 nitrogen and oxygen atoms in total. The molecule has 1 unspecified atom stereocenters. The van der Waals surface area contributed by atoms with Crippen molar-refractivity contribution in [2.75, 3.05) is 38.7 Å². The molecule has 3 rings (SSSR count). The number of amides is 1. The van der Waals surface area contributed by atoms with Crippen molar-refractivity contribution in [3.63, 3.8) is 0 Å². The summed E-state index contributed by atoms with van der Waals surface area (Å²) in [6, 6.07) is 7.95. The molecule has 8 heteroatoms. The molecule has 2 N–H and O–H groups in total. The summed E-state index contributed by atoms with van der Waals surface area (Å²) in [5.41, 5.74) is 1.97. The highest BCUT2D eigenvalue weighted by Gasteiger charge is 2.23. The Morgan fingerprint density at radius 1 is 1.19 bits per heavy atom. The van der Waals surface area contributed by atoms with Gasteiger partial charge in [0.2, 0.25) is 5.91 Å². The zero-order chi connectivity index (χ0) is 22.1.